The number of anilines is 1. The van der Waals surface area contributed by atoms with Crippen LogP contribution in [-0.2, 0) is 9.59 Å². The Hall–Kier alpha value is -2.21. The first-order chi connectivity index (χ1) is 12.8. The molecule has 2 aliphatic rings. The van der Waals surface area contributed by atoms with Gasteiger partial charge in [0.05, 0.1) is 5.69 Å². The van der Waals surface area contributed by atoms with Crippen LogP contribution in [0.2, 0.25) is 0 Å². The summed E-state index contributed by atoms with van der Waals surface area (Å²) in [6, 6.07) is 5.95. The van der Waals surface area contributed by atoms with Crippen molar-refractivity contribution in [1.82, 2.24) is 9.80 Å². The molecule has 0 saturated carbocycles. The number of nitrogens with zero attached hydrogens (tertiary/aromatic N) is 4. The second-order valence-corrected chi connectivity index (χ2v) is 8.03. The Kier molecular flexibility index (Phi) is 5.95. The van der Waals surface area contributed by atoms with Gasteiger partial charge in [-0.2, -0.15) is 5.10 Å². The first kappa shape index (κ1) is 19.5. The predicted octanol–water partition coefficient (Wildman–Crippen LogP) is 2.59. The average molecular weight is 370 g/mol. The lowest BCUT2D eigenvalue weighted by Gasteiger charge is -2.36. The van der Waals surface area contributed by atoms with E-state index in [1.807, 2.05) is 36.9 Å². The molecule has 3 rings (SSSR count). The molecule has 0 aliphatic carbocycles. The summed E-state index contributed by atoms with van der Waals surface area (Å²) in [5.74, 6) is 0.552. The molecule has 0 aromatic heterocycles. The molecular formula is C21H30N4O2. The van der Waals surface area contributed by atoms with E-state index in [9.17, 15) is 9.59 Å². The number of aryl methyl sites for hydroxylation is 2. The summed E-state index contributed by atoms with van der Waals surface area (Å²) in [7, 11) is 0. The number of rotatable bonds is 4. The van der Waals surface area contributed by atoms with E-state index in [-0.39, 0.29) is 11.8 Å². The third kappa shape index (κ3) is 4.56. The van der Waals surface area contributed by atoms with Gasteiger partial charge in [0.1, 0.15) is 5.71 Å². The minimum Gasteiger partial charge on any atom is -0.335 e. The number of piperazine rings is 1. The number of carbonyl (C=O) groups is 2. The quantitative estimate of drug-likeness (QED) is 0.819. The van der Waals surface area contributed by atoms with E-state index >= 15 is 0 Å². The summed E-state index contributed by atoms with van der Waals surface area (Å²) in [6.07, 6.45) is 0.747. The fourth-order valence-corrected chi connectivity index (χ4v) is 3.68. The van der Waals surface area contributed by atoms with Crippen molar-refractivity contribution >= 4 is 23.2 Å². The molecule has 146 valence electrons. The van der Waals surface area contributed by atoms with Crippen LogP contribution in [0.5, 0.6) is 0 Å². The normalized spacial score (nSPS) is 18.9. The van der Waals surface area contributed by atoms with E-state index < -0.39 is 0 Å². The summed E-state index contributed by atoms with van der Waals surface area (Å²) in [6.45, 7) is 12.7. The first-order valence-electron chi connectivity index (χ1n) is 9.84. The van der Waals surface area contributed by atoms with Crippen molar-refractivity contribution in [2.75, 3.05) is 37.7 Å². The van der Waals surface area contributed by atoms with Crippen LogP contribution in [0.1, 0.15) is 37.8 Å². The van der Waals surface area contributed by atoms with E-state index in [0.717, 1.165) is 49.5 Å². The molecule has 0 atom stereocenters. The highest BCUT2D eigenvalue weighted by molar-refractivity contribution is 6.40. The minimum absolute atomic E-state index is 0.0259. The minimum atomic E-state index is -0.0537. The zero-order valence-corrected chi connectivity index (χ0v) is 16.9. The van der Waals surface area contributed by atoms with Gasteiger partial charge in [-0.15, -0.1) is 0 Å². The van der Waals surface area contributed by atoms with Crippen LogP contribution in [0, 0.1) is 19.8 Å². The van der Waals surface area contributed by atoms with Crippen LogP contribution < -0.4 is 5.01 Å². The molecule has 1 aromatic rings. The maximum Gasteiger partial charge on any atom is 0.270 e. The maximum absolute atomic E-state index is 13.0. The van der Waals surface area contributed by atoms with Gasteiger partial charge < -0.3 is 4.90 Å². The van der Waals surface area contributed by atoms with Crippen molar-refractivity contribution in [2.24, 2.45) is 11.0 Å². The van der Waals surface area contributed by atoms with Crippen molar-refractivity contribution in [3.63, 3.8) is 0 Å². The summed E-state index contributed by atoms with van der Waals surface area (Å²) in [4.78, 5) is 29.7. The molecule has 0 spiro atoms. The molecule has 2 heterocycles. The third-order valence-electron chi connectivity index (χ3n) is 5.16. The Morgan fingerprint density at radius 2 is 1.81 bits per heavy atom. The Balaban J connectivity index is 1.73. The summed E-state index contributed by atoms with van der Waals surface area (Å²) in [5.41, 5.74) is 3.31. The Morgan fingerprint density at radius 1 is 1.11 bits per heavy atom. The highest BCUT2D eigenvalue weighted by Gasteiger charge is 2.30. The standard InChI is InChI=1S/C21H30N4O2/c1-15(2)14-23-9-11-24(12-10-23)21(27)18-7-8-20(26)25(22-18)19-13-16(3)5-6-17(19)4/h5-6,13,15H,7-12,14H2,1-4H3. The molecule has 1 saturated heterocycles. The van der Waals surface area contributed by atoms with Gasteiger partial charge in [0.2, 0.25) is 5.91 Å². The van der Waals surface area contributed by atoms with Gasteiger partial charge in [-0.05, 0) is 37.0 Å². The Morgan fingerprint density at radius 3 is 2.48 bits per heavy atom. The summed E-state index contributed by atoms with van der Waals surface area (Å²) < 4.78 is 0. The smallest absolute Gasteiger partial charge is 0.270 e. The van der Waals surface area contributed by atoms with Crippen LogP contribution >= 0.6 is 0 Å². The second-order valence-electron chi connectivity index (χ2n) is 8.03. The van der Waals surface area contributed by atoms with Gasteiger partial charge in [-0.1, -0.05) is 26.0 Å². The lowest BCUT2D eigenvalue weighted by Crippen LogP contribution is -2.52. The van der Waals surface area contributed by atoms with Crippen LogP contribution in [0.4, 0.5) is 5.69 Å². The third-order valence-corrected chi connectivity index (χ3v) is 5.16. The molecule has 6 heteroatoms. The lowest BCUT2D eigenvalue weighted by molar-refractivity contribution is -0.126. The Bertz CT molecular complexity index is 749. The summed E-state index contributed by atoms with van der Waals surface area (Å²) in [5, 5.41) is 5.90. The topological polar surface area (TPSA) is 56.2 Å². The van der Waals surface area contributed by atoms with E-state index in [0.29, 0.717) is 24.5 Å². The molecule has 0 N–H and O–H groups in total. The number of carbonyl (C=O) groups excluding carboxylic acids is 2. The maximum atomic E-state index is 13.0. The molecule has 1 aromatic carbocycles. The zero-order valence-electron chi connectivity index (χ0n) is 16.9. The van der Waals surface area contributed by atoms with Crippen LogP contribution in [0.25, 0.3) is 0 Å². The number of hydrogen-bond donors (Lipinski definition) is 0. The van der Waals surface area contributed by atoms with Gasteiger partial charge in [0.15, 0.2) is 0 Å². The molecule has 0 bridgehead atoms. The molecule has 0 radical (unpaired) electrons. The number of hydrogen-bond acceptors (Lipinski definition) is 4. The molecule has 27 heavy (non-hydrogen) atoms. The van der Waals surface area contributed by atoms with E-state index in [2.05, 4.69) is 23.8 Å². The molecule has 2 aliphatic heterocycles. The number of amides is 2. The molecule has 6 nitrogen and oxygen atoms in total. The Labute approximate surface area is 161 Å². The number of benzene rings is 1. The van der Waals surface area contributed by atoms with Gasteiger partial charge >= 0.3 is 0 Å². The first-order valence-corrected chi connectivity index (χ1v) is 9.84. The van der Waals surface area contributed by atoms with Crippen molar-refractivity contribution in [1.29, 1.82) is 0 Å². The van der Waals surface area contributed by atoms with Gasteiger partial charge in [0.25, 0.3) is 5.91 Å². The van der Waals surface area contributed by atoms with Gasteiger partial charge in [-0.3, -0.25) is 14.5 Å². The van der Waals surface area contributed by atoms with Gasteiger partial charge in [-0.25, -0.2) is 5.01 Å². The average Bonchev–Trinajstić information content (AvgIpc) is 2.64. The highest BCUT2D eigenvalue weighted by Crippen LogP contribution is 2.25. The van der Waals surface area contributed by atoms with Crippen LogP contribution in [-0.4, -0.2) is 60.0 Å². The largest absolute Gasteiger partial charge is 0.335 e. The highest BCUT2D eigenvalue weighted by atomic mass is 16.2. The SMILES string of the molecule is Cc1ccc(C)c(N2N=C(C(=O)N3CCN(CC(C)C)CC3)CCC2=O)c1. The number of hydrazone groups is 1. The lowest BCUT2D eigenvalue weighted by atomic mass is 10.1. The van der Waals surface area contributed by atoms with Crippen molar-refractivity contribution < 1.29 is 9.59 Å². The van der Waals surface area contributed by atoms with Crippen LogP contribution in [0.3, 0.4) is 0 Å². The van der Waals surface area contributed by atoms with Crippen LogP contribution in [0.15, 0.2) is 23.3 Å². The van der Waals surface area contributed by atoms with Crippen molar-refractivity contribution in [3.8, 4) is 0 Å². The molecule has 0 unspecified atom stereocenters. The molecule has 1 fully saturated rings. The molecule has 2 amide bonds. The van der Waals surface area contributed by atoms with Crippen molar-refractivity contribution in [2.45, 2.75) is 40.5 Å². The molecular weight excluding hydrogens is 340 g/mol. The monoisotopic (exact) mass is 370 g/mol. The van der Waals surface area contributed by atoms with E-state index in [1.165, 1.54) is 5.01 Å². The zero-order chi connectivity index (χ0) is 19.6. The van der Waals surface area contributed by atoms with Crippen molar-refractivity contribution in [3.05, 3.63) is 29.3 Å². The fourth-order valence-electron chi connectivity index (χ4n) is 3.68. The van der Waals surface area contributed by atoms with E-state index in [1.54, 1.807) is 0 Å². The second kappa shape index (κ2) is 8.21. The van der Waals surface area contributed by atoms with Gasteiger partial charge in [0, 0.05) is 45.6 Å². The fraction of sp³-hybridized carbons (Fsp3) is 0.571. The van der Waals surface area contributed by atoms with E-state index in [4.69, 9.17) is 0 Å². The predicted molar refractivity (Wildman–Crippen MR) is 108 cm³/mol. The summed E-state index contributed by atoms with van der Waals surface area (Å²) >= 11 is 0.